The summed E-state index contributed by atoms with van der Waals surface area (Å²) in [6, 6.07) is 4.01. The summed E-state index contributed by atoms with van der Waals surface area (Å²) in [5.74, 6) is 0.402. The molecule has 0 saturated carbocycles. The van der Waals surface area contributed by atoms with Crippen LogP contribution < -0.4 is 4.74 Å². The van der Waals surface area contributed by atoms with E-state index < -0.39 is 5.97 Å². The van der Waals surface area contributed by atoms with Crippen molar-refractivity contribution in [2.24, 2.45) is 5.16 Å². The summed E-state index contributed by atoms with van der Waals surface area (Å²) >= 11 is 0. The van der Waals surface area contributed by atoms with Gasteiger partial charge in [0.25, 0.3) is 0 Å². The monoisotopic (exact) mass is 233 g/mol. The van der Waals surface area contributed by atoms with Gasteiger partial charge in [-0.05, 0) is 37.1 Å². The Morgan fingerprint density at radius 3 is 2.76 bits per heavy atom. The number of rotatable bonds is 1. The molecular weight excluding hydrogens is 218 g/mol. The van der Waals surface area contributed by atoms with E-state index in [1.165, 1.54) is 18.1 Å². The van der Waals surface area contributed by atoms with Crippen LogP contribution >= 0.6 is 0 Å². The van der Waals surface area contributed by atoms with Gasteiger partial charge in [0.15, 0.2) is 0 Å². The first-order valence-corrected chi connectivity index (χ1v) is 5.57. The lowest BCUT2D eigenvalue weighted by Crippen LogP contribution is -2.17. The molecule has 0 atom stereocenters. The van der Waals surface area contributed by atoms with Gasteiger partial charge in [-0.25, -0.2) is 4.79 Å². The Balaban J connectivity index is 2.40. The average Bonchev–Trinajstić information content (AvgIpc) is 2.28. The number of carbonyl (C=O) groups is 1. The average molecular weight is 233 g/mol. The van der Waals surface area contributed by atoms with Crippen LogP contribution in [0.25, 0.3) is 0 Å². The van der Waals surface area contributed by atoms with Crippen LogP contribution in [0.1, 0.15) is 30.0 Å². The number of ether oxygens (including phenoxy) is 1. The van der Waals surface area contributed by atoms with Gasteiger partial charge in [-0.15, -0.1) is 0 Å². The highest BCUT2D eigenvalue weighted by molar-refractivity contribution is 6.03. The predicted octanol–water partition coefficient (Wildman–Crippen LogP) is 2.35. The van der Waals surface area contributed by atoms with E-state index in [0.29, 0.717) is 13.0 Å². The Kier molecular flexibility index (Phi) is 3.13. The second-order valence-electron chi connectivity index (χ2n) is 4.15. The summed E-state index contributed by atoms with van der Waals surface area (Å²) in [5.41, 5.74) is 4.03. The van der Waals surface area contributed by atoms with Gasteiger partial charge < -0.3 is 9.57 Å². The SMILES string of the molecule is CC(=O)O/N=C1/CCOc2cc(C)c(C)cc21. The normalized spacial score (nSPS) is 16.3. The summed E-state index contributed by atoms with van der Waals surface area (Å²) < 4.78 is 5.58. The number of nitrogens with zero attached hydrogens (tertiary/aromatic N) is 1. The number of carbonyl (C=O) groups excluding carboxylic acids is 1. The van der Waals surface area contributed by atoms with E-state index in [4.69, 9.17) is 9.57 Å². The number of fused-ring (bicyclic) bond motifs is 1. The molecule has 4 heteroatoms. The molecule has 0 saturated heterocycles. The van der Waals surface area contributed by atoms with E-state index in [9.17, 15) is 4.79 Å². The molecule has 0 N–H and O–H groups in total. The quantitative estimate of drug-likeness (QED) is 0.552. The third kappa shape index (κ3) is 2.46. The van der Waals surface area contributed by atoms with Crippen LogP contribution in [0, 0.1) is 13.8 Å². The smallest absolute Gasteiger partial charge is 0.331 e. The lowest BCUT2D eigenvalue weighted by atomic mass is 9.99. The van der Waals surface area contributed by atoms with Crippen LogP contribution in [0.3, 0.4) is 0 Å². The Bertz CT molecular complexity index is 492. The Morgan fingerprint density at radius 1 is 1.35 bits per heavy atom. The molecule has 0 aromatic heterocycles. The Morgan fingerprint density at radius 2 is 2.06 bits per heavy atom. The number of aryl methyl sites for hydroxylation is 2. The molecular formula is C13H15NO3. The van der Waals surface area contributed by atoms with Gasteiger partial charge in [0.1, 0.15) is 5.75 Å². The van der Waals surface area contributed by atoms with Crippen LogP contribution in [0.5, 0.6) is 5.75 Å². The first-order valence-electron chi connectivity index (χ1n) is 5.57. The van der Waals surface area contributed by atoms with Crippen molar-refractivity contribution < 1.29 is 14.4 Å². The van der Waals surface area contributed by atoms with Gasteiger partial charge in [-0.3, -0.25) is 0 Å². The van der Waals surface area contributed by atoms with Crippen LogP contribution in [0.2, 0.25) is 0 Å². The molecule has 0 fully saturated rings. The standard InChI is InChI=1S/C13H15NO3/c1-8-6-11-12(14-17-10(3)15)4-5-16-13(11)7-9(8)2/h6-7H,4-5H2,1-3H3/b14-12-. The van der Waals surface area contributed by atoms with Crippen molar-refractivity contribution in [3.63, 3.8) is 0 Å². The molecule has 0 aliphatic carbocycles. The number of benzene rings is 1. The van der Waals surface area contributed by atoms with E-state index >= 15 is 0 Å². The summed E-state index contributed by atoms with van der Waals surface area (Å²) in [4.78, 5) is 15.5. The zero-order valence-electron chi connectivity index (χ0n) is 10.2. The van der Waals surface area contributed by atoms with E-state index in [0.717, 1.165) is 17.0 Å². The third-order valence-corrected chi connectivity index (χ3v) is 2.79. The molecule has 1 aliphatic rings. The minimum absolute atomic E-state index is 0.408. The van der Waals surface area contributed by atoms with Crippen LogP contribution in [-0.2, 0) is 9.63 Å². The summed E-state index contributed by atoms with van der Waals surface area (Å²) in [6.07, 6.45) is 0.656. The lowest BCUT2D eigenvalue weighted by Gasteiger charge is -2.20. The zero-order chi connectivity index (χ0) is 12.4. The minimum atomic E-state index is -0.408. The second kappa shape index (κ2) is 4.57. The predicted molar refractivity (Wildman–Crippen MR) is 64.3 cm³/mol. The second-order valence-corrected chi connectivity index (χ2v) is 4.15. The Hall–Kier alpha value is -1.84. The molecule has 0 amide bonds. The first kappa shape index (κ1) is 11.6. The van der Waals surface area contributed by atoms with Crippen molar-refractivity contribution in [3.05, 3.63) is 28.8 Å². The van der Waals surface area contributed by atoms with Gasteiger partial charge in [0.05, 0.1) is 12.3 Å². The highest BCUT2D eigenvalue weighted by Crippen LogP contribution is 2.28. The van der Waals surface area contributed by atoms with Crippen molar-refractivity contribution in [1.82, 2.24) is 0 Å². The molecule has 17 heavy (non-hydrogen) atoms. The van der Waals surface area contributed by atoms with Gasteiger partial charge >= 0.3 is 5.97 Å². The fourth-order valence-electron chi connectivity index (χ4n) is 1.74. The molecule has 0 bridgehead atoms. The fraction of sp³-hybridized carbons (Fsp3) is 0.385. The number of oxime groups is 1. The molecule has 1 aromatic carbocycles. The van der Waals surface area contributed by atoms with Crippen molar-refractivity contribution in [2.45, 2.75) is 27.2 Å². The number of hydrogen-bond donors (Lipinski definition) is 0. The van der Waals surface area contributed by atoms with Gasteiger partial charge in [-0.1, -0.05) is 5.16 Å². The van der Waals surface area contributed by atoms with Crippen molar-refractivity contribution >= 4 is 11.7 Å². The number of hydrogen-bond acceptors (Lipinski definition) is 4. The molecule has 0 radical (unpaired) electrons. The molecule has 4 nitrogen and oxygen atoms in total. The molecule has 1 aromatic rings. The molecule has 90 valence electrons. The maximum absolute atomic E-state index is 10.8. The van der Waals surface area contributed by atoms with Gasteiger partial charge in [-0.2, -0.15) is 0 Å². The van der Waals surface area contributed by atoms with Crippen molar-refractivity contribution in [3.8, 4) is 5.75 Å². The zero-order valence-corrected chi connectivity index (χ0v) is 10.2. The highest BCUT2D eigenvalue weighted by atomic mass is 16.7. The molecule has 1 heterocycles. The van der Waals surface area contributed by atoms with E-state index in [2.05, 4.69) is 5.16 Å². The minimum Gasteiger partial charge on any atom is -0.492 e. The molecule has 2 rings (SSSR count). The maximum Gasteiger partial charge on any atom is 0.331 e. The highest BCUT2D eigenvalue weighted by Gasteiger charge is 2.18. The lowest BCUT2D eigenvalue weighted by molar-refractivity contribution is -0.140. The van der Waals surface area contributed by atoms with Gasteiger partial charge in [0, 0.05) is 18.9 Å². The first-order chi connectivity index (χ1) is 8.08. The van der Waals surface area contributed by atoms with Crippen molar-refractivity contribution in [2.75, 3.05) is 6.61 Å². The van der Waals surface area contributed by atoms with Crippen LogP contribution in [0.4, 0.5) is 0 Å². The Labute approximate surface area is 100 Å². The van der Waals surface area contributed by atoms with Crippen molar-refractivity contribution in [1.29, 1.82) is 0 Å². The molecule has 1 aliphatic heterocycles. The maximum atomic E-state index is 10.8. The summed E-state index contributed by atoms with van der Waals surface area (Å²) in [6.45, 7) is 5.98. The fourth-order valence-corrected chi connectivity index (χ4v) is 1.74. The van der Waals surface area contributed by atoms with Gasteiger partial charge in [0.2, 0.25) is 0 Å². The van der Waals surface area contributed by atoms with E-state index in [-0.39, 0.29) is 0 Å². The van der Waals surface area contributed by atoms with E-state index in [1.54, 1.807) is 0 Å². The third-order valence-electron chi connectivity index (χ3n) is 2.79. The summed E-state index contributed by atoms with van der Waals surface area (Å²) in [7, 11) is 0. The molecule has 0 spiro atoms. The largest absolute Gasteiger partial charge is 0.492 e. The summed E-state index contributed by atoms with van der Waals surface area (Å²) in [5, 5.41) is 3.88. The topological polar surface area (TPSA) is 47.9 Å². The van der Waals surface area contributed by atoms with E-state index in [1.807, 2.05) is 26.0 Å². The van der Waals surface area contributed by atoms with Crippen LogP contribution in [-0.4, -0.2) is 18.3 Å². The molecule has 0 unspecified atom stereocenters. The van der Waals surface area contributed by atoms with Crippen LogP contribution in [0.15, 0.2) is 17.3 Å².